The Morgan fingerprint density at radius 2 is 1.54 bits per heavy atom. The third kappa shape index (κ3) is 9.63. The molecule has 0 saturated heterocycles. The highest BCUT2D eigenvalue weighted by Crippen LogP contribution is 2.11. The molecule has 3 heteroatoms. The Kier molecular flexibility index (Phi) is 4.19. The van der Waals surface area contributed by atoms with Crippen molar-refractivity contribution in [2.45, 2.75) is 39.3 Å². The zero-order valence-corrected chi connectivity index (χ0v) is 11.8. The highest BCUT2D eigenvalue weighted by Gasteiger charge is 2.16. The van der Waals surface area contributed by atoms with Crippen LogP contribution in [0.15, 0.2) is 24.1 Å². The van der Waals surface area contributed by atoms with Gasteiger partial charge in [-0.05, 0) is 25.7 Å². The van der Waals surface area contributed by atoms with Crippen molar-refractivity contribution in [3.8, 4) is 0 Å². The van der Waals surface area contributed by atoms with Gasteiger partial charge in [-0.2, -0.15) is 0 Å². The van der Waals surface area contributed by atoms with Crippen molar-refractivity contribution < 1.29 is 4.43 Å². The normalized spacial score (nSPS) is 13.4. The molecule has 0 amide bonds. The molecule has 0 aliphatic carbocycles. The van der Waals surface area contributed by atoms with Crippen LogP contribution in [-0.2, 0) is 4.43 Å². The molecule has 0 unspecified atom stereocenters. The Bertz CT molecular complexity index is 206. The van der Waals surface area contributed by atoms with Gasteiger partial charge in [0.05, 0.1) is 13.8 Å². The van der Waals surface area contributed by atoms with E-state index in [0.717, 1.165) is 5.76 Å². The molecule has 76 valence electrons. The second-order valence-corrected chi connectivity index (χ2v) is 14.9. The molecule has 0 aromatic rings. The monoisotopic (exact) mass is 214 g/mol. The number of hydrogen-bond acceptors (Lipinski definition) is 1. The highest BCUT2D eigenvalue weighted by atomic mass is 28.4. The van der Waals surface area contributed by atoms with Crippen molar-refractivity contribution >= 4 is 16.4 Å². The highest BCUT2D eigenvalue weighted by molar-refractivity contribution is 6.81. The zero-order valence-electron chi connectivity index (χ0n) is 9.77. The third-order valence-corrected chi connectivity index (χ3v) is 3.25. The second kappa shape index (κ2) is 4.29. The molecule has 1 nitrogen and oxygen atoms in total. The molecule has 0 rings (SSSR count). The number of rotatable bonds is 4. The molecule has 0 saturated carbocycles. The van der Waals surface area contributed by atoms with Gasteiger partial charge in [0.25, 0.3) is 0 Å². The van der Waals surface area contributed by atoms with Gasteiger partial charge in [0.15, 0.2) is 0 Å². The van der Waals surface area contributed by atoms with Crippen LogP contribution in [0.25, 0.3) is 0 Å². The number of hydrogen-bond donors (Lipinski definition) is 0. The average Bonchev–Trinajstić information content (AvgIpc) is 1.78. The maximum Gasteiger partial charge on any atom is 0.242 e. The second-order valence-electron chi connectivity index (χ2n) is 5.38. The van der Waals surface area contributed by atoms with Crippen LogP contribution in [0.2, 0.25) is 39.3 Å². The fourth-order valence-corrected chi connectivity index (χ4v) is 2.31. The van der Waals surface area contributed by atoms with E-state index in [9.17, 15) is 0 Å². The van der Waals surface area contributed by atoms with Gasteiger partial charge in [0, 0.05) is 0 Å². The first-order chi connectivity index (χ1) is 5.60. The van der Waals surface area contributed by atoms with Crippen LogP contribution in [-0.4, -0.2) is 16.4 Å². The Morgan fingerprint density at radius 3 is 1.85 bits per heavy atom. The lowest BCUT2D eigenvalue weighted by molar-refractivity contribution is 0.444. The Balaban J connectivity index is 4.11. The third-order valence-electron chi connectivity index (χ3n) is 1.21. The summed E-state index contributed by atoms with van der Waals surface area (Å²) < 4.78 is 5.71. The van der Waals surface area contributed by atoms with Gasteiger partial charge in [0.1, 0.15) is 0 Å². The molecule has 13 heavy (non-hydrogen) atoms. The molecule has 0 heterocycles. The van der Waals surface area contributed by atoms with E-state index in [1.54, 1.807) is 0 Å². The molecule has 0 aromatic heterocycles. The predicted molar refractivity (Wildman–Crippen MR) is 66.1 cm³/mol. The topological polar surface area (TPSA) is 9.23 Å². The van der Waals surface area contributed by atoms with Crippen LogP contribution in [0.5, 0.6) is 0 Å². The maximum atomic E-state index is 5.71. The van der Waals surface area contributed by atoms with E-state index in [-0.39, 0.29) is 0 Å². The molecule has 0 N–H and O–H groups in total. The van der Waals surface area contributed by atoms with Gasteiger partial charge in [-0.3, -0.25) is 0 Å². The molecular weight excluding hydrogens is 192 g/mol. The minimum absolute atomic E-state index is 0.821. The molecule has 0 radical (unpaired) electrons. The van der Waals surface area contributed by atoms with E-state index in [4.69, 9.17) is 4.43 Å². The summed E-state index contributed by atoms with van der Waals surface area (Å²) in [5.41, 5.74) is 2.26. The van der Waals surface area contributed by atoms with E-state index in [2.05, 4.69) is 51.6 Å². The van der Waals surface area contributed by atoms with Crippen molar-refractivity contribution in [1.82, 2.24) is 0 Å². The maximum absolute atomic E-state index is 5.71. The van der Waals surface area contributed by atoms with E-state index in [0.29, 0.717) is 0 Å². The minimum atomic E-state index is -1.45. The van der Waals surface area contributed by atoms with Crippen LogP contribution < -0.4 is 0 Å². The molecule has 0 fully saturated rings. The molecule has 0 aliphatic rings. The van der Waals surface area contributed by atoms with Gasteiger partial charge < -0.3 is 4.43 Å². The van der Waals surface area contributed by atoms with Gasteiger partial charge in [-0.25, -0.2) is 0 Å². The SMILES string of the molecule is C=C(/C=C/[Si](C)(C)C)O[Si](C)(C)C. The molecule has 0 aromatic carbocycles. The summed E-state index contributed by atoms with van der Waals surface area (Å²) in [5.74, 6) is 0.821. The summed E-state index contributed by atoms with van der Waals surface area (Å²) in [7, 11) is -2.55. The quantitative estimate of drug-likeness (QED) is 0.393. The molecule has 0 spiro atoms. The molecule has 0 bridgehead atoms. The Labute approximate surface area is 84.6 Å². The summed E-state index contributed by atoms with van der Waals surface area (Å²) in [6.07, 6.45) is 2.03. The Morgan fingerprint density at radius 1 is 1.08 bits per heavy atom. The van der Waals surface area contributed by atoms with Crippen LogP contribution >= 0.6 is 0 Å². The lowest BCUT2D eigenvalue weighted by Crippen LogP contribution is -2.24. The lowest BCUT2D eigenvalue weighted by Gasteiger charge is -2.19. The van der Waals surface area contributed by atoms with Crippen molar-refractivity contribution in [2.75, 3.05) is 0 Å². The average molecular weight is 214 g/mol. The summed E-state index contributed by atoms with van der Waals surface area (Å²) in [4.78, 5) is 0. The first-order valence-corrected chi connectivity index (χ1v) is 11.7. The molecule has 0 aliphatic heterocycles. The number of allylic oxidation sites excluding steroid dienone is 1. The zero-order chi connectivity index (χ0) is 10.7. The Hall–Kier alpha value is -0.286. The molecular formula is C10H22OSi2. The first kappa shape index (κ1) is 12.7. The fraction of sp³-hybridized carbons (Fsp3) is 0.600. The summed E-state index contributed by atoms with van der Waals surface area (Å²) in [5, 5.41) is 0. The van der Waals surface area contributed by atoms with Crippen LogP contribution in [0.3, 0.4) is 0 Å². The van der Waals surface area contributed by atoms with Crippen molar-refractivity contribution in [3.63, 3.8) is 0 Å². The van der Waals surface area contributed by atoms with E-state index in [1.165, 1.54) is 0 Å². The van der Waals surface area contributed by atoms with Gasteiger partial charge in [-0.15, -0.1) is 0 Å². The van der Waals surface area contributed by atoms with Crippen molar-refractivity contribution in [3.05, 3.63) is 24.1 Å². The minimum Gasteiger partial charge on any atom is -0.545 e. The van der Waals surface area contributed by atoms with Crippen LogP contribution in [0.1, 0.15) is 0 Å². The molecule has 0 atom stereocenters. The summed E-state index contributed by atoms with van der Waals surface area (Å²) >= 11 is 0. The van der Waals surface area contributed by atoms with Crippen molar-refractivity contribution in [1.29, 1.82) is 0 Å². The summed E-state index contributed by atoms with van der Waals surface area (Å²) in [6.45, 7) is 17.3. The largest absolute Gasteiger partial charge is 0.545 e. The first-order valence-electron chi connectivity index (χ1n) is 4.67. The smallest absolute Gasteiger partial charge is 0.242 e. The van der Waals surface area contributed by atoms with E-state index in [1.807, 2.05) is 6.08 Å². The van der Waals surface area contributed by atoms with Gasteiger partial charge in [-0.1, -0.05) is 31.9 Å². The predicted octanol–water partition coefficient (Wildman–Crippen LogP) is 3.79. The fourth-order valence-electron chi connectivity index (χ4n) is 0.770. The standard InChI is InChI=1S/C10H22OSi2/c1-10(11-13(5,6)7)8-9-12(2,3)4/h8-9H,1H2,2-7H3/b9-8+. The summed E-state index contributed by atoms with van der Waals surface area (Å²) in [6, 6.07) is 0. The van der Waals surface area contributed by atoms with Crippen LogP contribution in [0.4, 0.5) is 0 Å². The van der Waals surface area contributed by atoms with Gasteiger partial charge in [0.2, 0.25) is 8.32 Å². The van der Waals surface area contributed by atoms with E-state index < -0.39 is 16.4 Å². The van der Waals surface area contributed by atoms with Gasteiger partial charge >= 0.3 is 0 Å². The van der Waals surface area contributed by atoms with E-state index >= 15 is 0 Å². The van der Waals surface area contributed by atoms with Crippen LogP contribution in [0, 0.1) is 0 Å². The lowest BCUT2D eigenvalue weighted by atomic mass is 10.6. The van der Waals surface area contributed by atoms with Crippen molar-refractivity contribution in [2.24, 2.45) is 0 Å².